The van der Waals surface area contributed by atoms with E-state index in [0.717, 1.165) is 37.3 Å². The average Bonchev–Trinajstić information content (AvgIpc) is 2.69. The molecule has 16 heavy (non-hydrogen) atoms. The molecule has 1 aliphatic heterocycles. The molecule has 1 saturated heterocycles. The minimum Gasteiger partial charge on any atom is -0.431 e. The molecule has 5 heteroatoms. The van der Waals surface area contributed by atoms with E-state index in [2.05, 4.69) is 25.9 Å². The van der Waals surface area contributed by atoms with Gasteiger partial charge in [-0.2, -0.15) is 4.98 Å². The van der Waals surface area contributed by atoms with E-state index in [4.69, 9.17) is 9.15 Å². The molecule has 0 saturated carbocycles. The Labute approximate surface area is 101 Å². The van der Waals surface area contributed by atoms with Crippen molar-refractivity contribution in [3.05, 3.63) is 22.8 Å². The van der Waals surface area contributed by atoms with Crippen molar-refractivity contribution in [2.75, 3.05) is 13.2 Å². The van der Waals surface area contributed by atoms with Crippen LogP contribution in [0.2, 0.25) is 0 Å². The number of furan rings is 1. The number of aromatic nitrogens is 2. The van der Waals surface area contributed by atoms with Gasteiger partial charge < -0.3 is 9.15 Å². The van der Waals surface area contributed by atoms with Crippen molar-refractivity contribution in [2.45, 2.75) is 18.8 Å². The summed E-state index contributed by atoms with van der Waals surface area (Å²) in [5.41, 5.74) is 0.656. The Morgan fingerprint density at radius 1 is 1.31 bits per heavy atom. The topological polar surface area (TPSA) is 48.2 Å². The molecular weight excluding hydrogens is 272 g/mol. The van der Waals surface area contributed by atoms with Gasteiger partial charge in [-0.3, -0.25) is 0 Å². The third kappa shape index (κ3) is 1.85. The lowest BCUT2D eigenvalue weighted by Gasteiger charge is -2.20. The van der Waals surface area contributed by atoms with Crippen molar-refractivity contribution in [3.8, 4) is 0 Å². The highest BCUT2D eigenvalue weighted by Crippen LogP contribution is 2.27. The summed E-state index contributed by atoms with van der Waals surface area (Å²) < 4.78 is 11.5. The Kier molecular flexibility index (Phi) is 2.65. The maximum absolute atomic E-state index is 5.43. The number of rotatable bonds is 1. The van der Waals surface area contributed by atoms with Crippen LogP contribution in [0.5, 0.6) is 0 Å². The summed E-state index contributed by atoms with van der Waals surface area (Å²) in [4.78, 5) is 8.85. The Hall–Kier alpha value is -0.940. The predicted molar refractivity (Wildman–Crippen MR) is 62.3 cm³/mol. The van der Waals surface area contributed by atoms with Crippen LogP contribution in [0.15, 0.2) is 21.3 Å². The summed E-state index contributed by atoms with van der Waals surface area (Å²) in [6.45, 7) is 1.60. The molecule has 2 aromatic heterocycles. The molecule has 0 radical (unpaired) electrons. The molecule has 0 aliphatic carbocycles. The van der Waals surface area contributed by atoms with E-state index in [1.165, 1.54) is 0 Å². The smallest absolute Gasteiger partial charge is 0.230 e. The van der Waals surface area contributed by atoms with Gasteiger partial charge in [0.2, 0.25) is 5.71 Å². The zero-order valence-corrected chi connectivity index (χ0v) is 10.2. The summed E-state index contributed by atoms with van der Waals surface area (Å²) in [7, 11) is 0. The van der Waals surface area contributed by atoms with Crippen molar-refractivity contribution in [3.63, 3.8) is 0 Å². The molecule has 4 nitrogen and oxygen atoms in total. The summed E-state index contributed by atoms with van der Waals surface area (Å²) in [6, 6.07) is 1.88. The summed E-state index contributed by atoms with van der Waals surface area (Å²) in [5.74, 6) is 1.28. The van der Waals surface area contributed by atoms with Crippen molar-refractivity contribution in [1.29, 1.82) is 0 Å². The second-order valence-corrected chi connectivity index (χ2v) is 4.71. The molecule has 3 rings (SSSR count). The van der Waals surface area contributed by atoms with Crippen molar-refractivity contribution in [1.82, 2.24) is 9.97 Å². The van der Waals surface area contributed by atoms with Crippen molar-refractivity contribution >= 4 is 27.0 Å². The molecule has 2 aromatic rings. The Morgan fingerprint density at radius 3 is 2.94 bits per heavy atom. The first-order chi connectivity index (χ1) is 7.83. The van der Waals surface area contributed by atoms with Gasteiger partial charge in [0.15, 0.2) is 4.67 Å². The fourth-order valence-electron chi connectivity index (χ4n) is 1.97. The number of hydrogen-bond acceptors (Lipinski definition) is 4. The zero-order valence-electron chi connectivity index (χ0n) is 8.65. The first kappa shape index (κ1) is 10.2. The van der Waals surface area contributed by atoms with Crippen molar-refractivity contribution in [2.24, 2.45) is 0 Å². The van der Waals surface area contributed by atoms with E-state index in [1.807, 2.05) is 12.3 Å². The van der Waals surface area contributed by atoms with Crippen LogP contribution in [0.25, 0.3) is 11.1 Å². The SMILES string of the molecule is Brc1cc2cnc(C3CCOCC3)nc2o1. The van der Waals surface area contributed by atoms with Gasteiger partial charge in [-0.25, -0.2) is 4.98 Å². The summed E-state index contributed by atoms with van der Waals surface area (Å²) in [6.07, 6.45) is 3.81. The molecule has 0 bridgehead atoms. The molecule has 0 spiro atoms. The van der Waals surface area contributed by atoms with Gasteiger partial charge in [-0.1, -0.05) is 0 Å². The highest BCUT2D eigenvalue weighted by Gasteiger charge is 2.19. The van der Waals surface area contributed by atoms with E-state index in [1.54, 1.807) is 0 Å². The molecule has 1 fully saturated rings. The van der Waals surface area contributed by atoms with E-state index >= 15 is 0 Å². The Bertz CT molecular complexity index is 506. The monoisotopic (exact) mass is 282 g/mol. The lowest BCUT2D eigenvalue weighted by atomic mass is 9.99. The molecule has 0 amide bonds. The number of ether oxygens (including phenoxy) is 1. The number of nitrogens with zero attached hydrogens (tertiary/aromatic N) is 2. The van der Waals surface area contributed by atoms with Crippen LogP contribution in [0.3, 0.4) is 0 Å². The molecule has 0 aromatic carbocycles. The van der Waals surface area contributed by atoms with Crippen LogP contribution < -0.4 is 0 Å². The van der Waals surface area contributed by atoms with Crippen LogP contribution in [0, 0.1) is 0 Å². The van der Waals surface area contributed by atoms with Gasteiger partial charge in [0.05, 0.1) is 5.39 Å². The summed E-state index contributed by atoms with van der Waals surface area (Å²) in [5, 5.41) is 0.933. The Balaban J connectivity index is 1.97. The van der Waals surface area contributed by atoms with Gasteiger partial charge >= 0.3 is 0 Å². The fraction of sp³-hybridized carbons (Fsp3) is 0.455. The first-order valence-electron chi connectivity index (χ1n) is 5.32. The van der Waals surface area contributed by atoms with Crippen LogP contribution in [0.1, 0.15) is 24.6 Å². The normalized spacial score (nSPS) is 18.1. The fourth-order valence-corrected chi connectivity index (χ4v) is 2.37. The van der Waals surface area contributed by atoms with E-state index in [0.29, 0.717) is 16.3 Å². The van der Waals surface area contributed by atoms with Gasteiger partial charge in [0.1, 0.15) is 5.82 Å². The largest absolute Gasteiger partial charge is 0.431 e. The second kappa shape index (κ2) is 4.14. The molecule has 0 N–H and O–H groups in total. The van der Waals surface area contributed by atoms with Gasteiger partial charge in [-0.05, 0) is 28.8 Å². The van der Waals surface area contributed by atoms with Gasteiger partial charge in [0, 0.05) is 31.4 Å². The lowest BCUT2D eigenvalue weighted by Crippen LogP contribution is -2.16. The van der Waals surface area contributed by atoms with Crippen LogP contribution in [-0.2, 0) is 4.74 Å². The third-order valence-corrected chi connectivity index (χ3v) is 3.24. The van der Waals surface area contributed by atoms with Crippen LogP contribution in [0.4, 0.5) is 0 Å². The standard InChI is InChI=1S/C11H11BrN2O2/c12-9-5-8-6-13-10(14-11(8)16-9)7-1-3-15-4-2-7/h5-7H,1-4H2. The molecular formula is C11H11BrN2O2. The minimum atomic E-state index is 0.405. The molecule has 0 atom stereocenters. The van der Waals surface area contributed by atoms with E-state index < -0.39 is 0 Å². The molecule has 1 aliphatic rings. The number of hydrogen-bond donors (Lipinski definition) is 0. The maximum atomic E-state index is 5.43. The van der Waals surface area contributed by atoms with Gasteiger partial charge in [0.25, 0.3) is 0 Å². The average molecular weight is 283 g/mol. The van der Waals surface area contributed by atoms with E-state index in [9.17, 15) is 0 Å². The quantitative estimate of drug-likeness (QED) is 0.807. The maximum Gasteiger partial charge on any atom is 0.230 e. The molecule has 0 unspecified atom stereocenters. The zero-order chi connectivity index (χ0) is 11.0. The highest BCUT2D eigenvalue weighted by molar-refractivity contribution is 9.10. The minimum absolute atomic E-state index is 0.405. The van der Waals surface area contributed by atoms with Crippen LogP contribution >= 0.6 is 15.9 Å². The van der Waals surface area contributed by atoms with E-state index in [-0.39, 0.29) is 0 Å². The Morgan fingerprint density at radius 2 is 2.12 bits per heavy atom. The van der Waals surface area contributed by atoms with Crippen LogP contribution in [-0.4, -0.2) is 23.2 Å². The highest BCUT2D eigenvalue weighted by atomic mass is 79.9. The number of fused-ring (bicyclic) bond motifs is 1. The first-order valence-corrected chi connectivity index (χ1v) is 6.12. The second-order valence-electron chi connectivity index (χ2n) is 3.93. The molecule has 84 valence electrons. The number of halogens is 1. The summed E-state index contributed by atoms with van der Waals surface area (Å²) >= 11 is 3.29. The van der Waals surface area contributed by atoms with Crippen molar-refractivity contribution < 1.29 is 9.15 Å². The third-order valence-electron chi connectivity index (χ3n) is 2.85. The van der Waals surface area contributed by atoms with Gasteiger partial charge in [-0.15, -0.1) is 0 Å². The lowest BCUT2D eigenvalue weighted by molar-refractivity contribution is 0.0836. The molecule has 3 heterocycles. The predicted octanol–water partition coefficient (Wildman–Crippen LogP) is 2.88.